The summed E-state index contributed by atoms with van der Waals surface area (Å²) >= 11 is 0. The molecule has 2 aromatic rings. The van der Waals surface area contributed by atoms with E-state index in [0.717, 1.165) is 11.8 Å². The SMILES string of the molecule is CCNC(=NCc1ccc(OC)cc1C(F)(F)F)NCc1ccnn1C. The molecule has 0 spiro atoms. The number of benzene rings is 1. The molecule has 1 heterocycles. The van der Waals surface area contributed by atoms with Gasteiger partial charge in [-0.3, -0.25) is 4.68 Å². The van der Waals surface area contributed by atoms with Gasteiger partial charge in [-0.1, -0.05) is 6.07 Å². The quantitative estimate of drug-likeness (QED) is 0.607. The Kier molecular flexibility index (Phi) is 6.48. The van der Waals surface area contributed by atoms with E-state index in [-0.39, 0.29) is 17.9 Å². The van der Waals surface area contributed by atoms with Crippen LogP contribution in [0.4, 0.5) is 13.2 Å². The number of aromatic nitrogens is 2. The highest BCUT2D eigenvalue weighted by atomic mass is 19.4. The van der Waals surface area contributed by atoms with Crippen molar-refractivity contribution in [3.8, 4) is 5.75 Å². The molecule has 6 nitrogen and oxygen atoms in total. The first-order valence-electron chi connectivity index (χ1n) is 8.08. The zero-order chi connectivity index (χ0) is 19.2. The van der Waals surface area contributed by atoms with Gasteiger partial charge in [0.1, 0.15) is 5.75 Å². The predicted molar refractivity (Wildman–Crippen MR) is 92.9 cm³/mol. The lowest BCUT2D eigenvalue weighted by Crippen LogP contribution is -2.37. The minimum atomic E-state index is -4.47. The molecule has 0 saturated carbocycles. The Hall–Kier alpha value is -2.71. The van der Waals surface area contributed by atoms with Crippen LogP contribution in [0.15, 0.2) is 35.5 Å². The number of aliphatic imine (C=N–C) groups is 1. The molecule has 0 amide bonds. The topological polar surface area (TPSA) is 63.5 Å². The summed E-state index contributed by atoms with van der Waals surface area (Å²) in [5.41, 5.74) is 0.259. The van der Waals surface area contributed by atoms with Crippen molar-refractivity contribution >= 4 is 5.96 Å². The molecule has 1 aromatic heterocycles. The Bertz CT molecular complexity index is 755. The van der Waals surface area contributed by atoms with Crippen molar-refractivity contribution in [1.29, 1.82) is 0 Å². The van der Waals surface area contributed by atoms with E-state index < -0.39 is 11.7 Å². The number of nitrogens with zero attached hydrogens (tertiary/aromatic N) is 3. The van der Waals surface area contributed by atoms with Gasteiger partial charge in [0.2, 0.25) is 0 Å². The van der Waals surface area contributed by atoms with Crippen molar-refractivity contribution in [3.05, 3.63) is 47.3 Å². The van der Waals surface area contributed by atoms with Crippen LogP contribution in [0.1, 0.15) is 23.7 Å². The van der Waals surface area contributed by atoms with Gasteiger partial charge >= 0.3 is 6.18 Å². The maximum atomic E-state index is 13.3. The first-order valence-corrected chi connectivity index (χ1v) is 8.08. The molecule has 0 aliphatic heterocycles. The number of hydrogen-bond donors (Lipinski definition) is 2. The monoisotopic (exact) mass is 369 g/mol. The number of rotatable bonds is 6. The second kappa shape index (κ2) is 8.59. The third-order valence-electron chi connectivity index (χ3n) is 3.73. The Balaban J connectivity index is 2.17. The molecule has 0 bridgehead atoms. The molecule has 0 aliphatic rings. The molecule has 0 atom stereocenters. The van der Waals surface area contributed by atoms with Crippen LogP contribution in [0.3, 0.4) is 0 Å². The fourth-order valence-electron chi connectivity index (χ4n) is 2.34. The predicted octanol–water partition coefficient (Wildman–Crippen LogP) is 2.70. The highest BCUT2D eigenvalue weighted by Gasteiger charge is 2.33. The lowest BCUT2D eigenvalue weighted by atomic mass is 10.1. The van der Waals surface area contributed by atoms with Crippen molar-refractivity contribution in [2.45, 2.75) is 26.2 Å². The van der Waals surface area contributed by atoms with E-state index >= 15 is 0 Å². The van der Waals surface area contributed by atoms with Crippen molar-refractivity contribution in [1.82, 2.24) is 20.4 Å². The van der Waals surface area contributed by atoms with Gasteiger partial charge in [0.25, 0.3) is 0 Å². The van der Waals surface area contributed by atoms with Gasteiger partial charge in [0, 0.05) is 19.8 Å². The maximum Gasteiger partial charge on any atom is 0.416 e. The van der Waals surface area contributed by atoms with Gasteiger partial charge in [-0.25, -0.2) is 4.99 Å². The van der Waals surface area contributed by atoms with Crippen molar-refractivity contribution in [2.75, 3.05) is 13.7 Å². The molecule has 0 unspecified atom stereocenters. The highest BCUT2D eigenvalue weighted by Crippen LogP contribution is 2.34. The summed E-state index contributed by atoms with van der Waals surface area (Å²) in [6.45, 7) is 2.82. The van der Waals surface area contributed by atoms with Gasteiger partial charge in [0.15, 0.2) is 5.96 Å². The van der Waals surface area contributed by atoms with Crippen molar-refractivity contribution < 1.29 is 17.9 Å². The van der Waals surface area contributed by atoms with E-state index in [4.69, 9.17) is 4.74 Å². The summed E-state index contributed by atoms with van der Waals surface area (Å²) in [6.07, 6.45) is -2.80. The molecule has 142 valence electrons. The average molecular weight is 369 g/mol. The van der Waals surface area contributed by atoms with Gasteiger partial charge in [-0.05, 0) is 30.7 Å². The van der Waals surface area contributed by atoms with Crippen molar-refractivity contribution in [2.24, 2.45) is 12.0 Å². The number of alkyl halides is 3. The zero-order valence-corrected chi connectivity index (χ0v) is 14.9. The second-order valence-electron chi connectivity index (χ2n) is 5.52. The molecule has 0 aliphatic carbocycles. The molecule has 0 fully saturated rings. The fraction of sp³-hybridized carbons (Fsp3) is 0.412. The van der Waals surface area contributed by atoms with Crippen LogP contribution in [0.2, 0.25) is 0 Å². The van der Waals surface area contributed by atoms with Crippen LogP contribution in [0, 0.1) is 0 Å². The summed E-state index contributed by atoms with van der Waals surface area (Å²) in [5, 5.41) is 10.2. The van der Waals surface area contributed by atoms with Gasteiger partial charge in [0.05, 0.1) is 31.5 Å². The van der Waals surface area contributed by atoms with Crippen LogP contribution in [0.25, 0.3) is 0 Å². The minimum absolute atomic E-state index is 0.0797. The molecule has 0 radical (unpaired) electrons. The number of hydrogen-bond acceptors (Lipinski definition) is 3. The van der Waals surface area contributed by atoms with E-state index in [1.807, 2.05) is 20.0 Å². The summed E-state index contributed by atoms with van der Waals surface area (Å²) in [4.78, 5) is 4.27. The van der Waals surface area contributed by atoms with Gasteiger partial charge in [-0.2, -0.15) is 18.3 Å². The minimum Gasteiger partial charge on any atom is -0.497 e. The summed E-state index contributed by atoms with van der Waals surface area (Å²) < 4.78 is 46.4. The molecule has 2 rings (SSSR count). The summed E-state index contributed by atoms with van der Waals surface area (Å²) in [7, 11) is 3.15. The largest absolute Gasteiger partial charge is 0.497 e. The Labute approximate surface area is 150 Å². The number of methoxy groups -OCH3 is 1. The van der Waals surface area contributed by atoms with Crippen molar-refractivity contribution in [3.63, 3.8) is 0 Å². The van der Waals surface area contributed by atoms with E-state index in [0.29, 0.717) is 19.0 Å². The molecule has 26 heavy (non-hydrogen) atoms. The third-order valence-corrected chi connectivity index (χ3v) is 3.73. The number of nitrogens with one attached hydrogen (secondary N) is 2. The molecular formula is C17H22F3N5O. The number of aryl methyl sites for hydroxylation is 1. The van der Waals surface area contributed by atoms with E-state index in [1.54, 1.807) is 10.9 Å². The first kappa shape index (κ1) is 19.6. The van der Waals surface area contributed by atoms with Crippen LogP contribution >= 0.6 is 0 Å². The van der Waals surface area contributed by atoms with Crippen LogP contribution in [-0.2, 0) is 26.3 Å². The number of halogens is 3. The number of ether oxygens (including phenoxy) is 1. The Morgan fingerprint density at radius 1 is 1.27 bits per heavy atom. The summed E-state index contributed by atoms with van der Waals surface area (Å²) in [5.74, 6) is 0.587. The molecular weight excluding hydrogens is 347 g/mol. The smallest absolute Gasteiger partial charge is 0.416 e. The standard InChI is InChI=1S/C17H22F3N5O/c1-4-21-16(23-11-13-7-8-24-25(13)2)22-10-12-5-6-14(26-3)9-15(12)17(18,19)20/h5-9H,4,10-11H2,1-3H3,(H2,21,22,23). The van der Waals surface area contributed by atoms with Crippen LogP contribution in [0.5, 0.6) is 5.75 Å². The Morgan fingerprint density at radius 3 is 2.62 bits per heavy atom. The van der Waals surface area contributed by atoms with Crippen LogP contribution in [-0.4, -0.2) is 29.4 Å². The number of guanidine groups is 1. The molecule has 0 saturated heterocycles. The normalized spacial score (nSPS) is 12.2. The van der Waals surface area contributed by atoms with Gasteiger partial charge < -0.3 is 15.4 Å². The lowest BCUT2D eigenvalue weighted by molar-refractivity contribution is -0.138. The molecule has 9 heteroatoms. The fourth-order valence-corrected chi connectivity index (χ4v) is 2.34. The van der Waals surface area contributed by atoms with E-state index in [2.05, 4.69) is 20.7 Å². The van der Waals surface area contributed by atoms with Crippen LogP contribution < -0.4 is 15.4 Å². The average Bonchev–Trinajstić information content (AvgIpc) is 3.01. The second-order valence-corrected chi connectivity index (χ2v) is 5.52. The maximum absolute atomic E-state index is 13.3. The third kappa shape index (κ3) is 5.14. The highest BCUT2D eigenvalue weighted by molar-refractivity contribution is 5.79. The first-order chi connectivity index (χ1) is 12.3. The summed E-state index contributed by atoms with van der Waals surface area (Å²) in [6, 6.07) is 5.72. The van der Waals surface area contributed by atoms with E-state index in [9.17, 15) is 13.2 Å². The Morgan fingerprint density at radius 2 is 2.04 bits per heavy atom. The lowest BCUT2D eigenvalue weighted by Gasteiger charge is -2.15. The molecule has 1 aromatic carbocycles. The van der Waals surface area contributed by atoms with Gasteiger partial charge in [-0.15, -0.1) is 0 Å². The molecule has 2 N–H and O–H groups in total. The zero-order valence-electron chi connectivity index (χ0n) is 14.9. The van der Waals surface area contributed by atoms with E-state index in [1.165, 1.54) is 19.2 Å².